The van der Waals surface area contributed by atoms with Crippen molar-refractivity contribution in [2.24, 2.45) is 5.84 Å². The van der Waals surface area contributed by atoms with Gasteiger partial charge in [0.15, 0.2) is 0 Å². The molecule has 2 rings (SSSR count). The summed E-state index contributed by atoms with van der Waals surface area (Å²) in [6, 6.07) is 10.5. The monoisotopic (exact) mass is 296 g/mol. The van der Waals surface area contributed by atoms with Crippen molar-refractivity contribution in [1.29, 1.82) is 0 Å². The smallest absolute Gasteiger partial charge is 0.0813 e. The number of hydrazine groups is 1. The molecule has 0 bridgehead atoms. The van der Waals surface area contributed by atoms with E-state index in [0.717, 1.165) is 4.47 Å². The molecule has 0 saturated carbocycles. The molecule has 3 N–H and O–H groups in total. The standard InChI is InChI=1S/C12H13BrN2S/c1-8-3-2-4-9(7-8)11(15-14)12-10(13)5-6-16-12/h2-7,11,15H,14H2,1H3. The summed E-state index contributed by atoms with van der Waals surface area (Å²) in [5, 5.41) is 2.06. The second kappa shape index (κ2) is 5.10. The first-order valence-electron chi connectivity index (χ1n) is 4.98. The number of rotatable bonds is 3. The number of aryl methyl sites for hydroxylation is 1. The van der Waals surface area contributed by atoms with Crippen LogP contribution in [0.2, 0.25) is 0 Å². The van der Waals surface area contributed by atoms with Crippen molar-refractivity contribution in [3.8, 4) is 0 Å². The summed E-state index contributed by atoms with van der Waals surface area (Å²) < 4.78 is 1.10. The maximum absolute atomic E-state index is 5.65. The minimum Gasteiger partial charge on any atom is -0.271 e. The summed E-state index contributed by atoms with van der Waals surface area (Å²) in [6.07, 6.45) is 0. The van der Waals surface area contributed by atoms with E-state index in [9.17, 15) is 0 Å². The molecule has 0 aliphatic heterocycles. The van der Waals surface area contributed by atoms with Crippen LogP contribution in [-0.2, 0) is 0 Å². The molecule has 1 aromatic heterocycles. The fourth-order valence-electron chi connectivity index (χ4n) is 1.68. The van der Waals surface area contributed by atoms with Gasteiger partial charge in [0.25, 0.3) is 0 Å². The highest BCUT2D eigenvalue weighted by Crippen LogP contribution is 2.32. The molecule has 1 heterocycles. The van der Waals surface area contributed by atoms with Gasteiger partial charge in [-0.1, -0.05) is 29.8 Å². The van der Waals surface area contributed by atoms with Crippen LogP contribution in [0, 0.1) is 6.92 Å². The number of halogens is 1. The van der Waals surface area contributed by atoms with Crippen LogP contribution in [0.3, 0.4) is 0 Å². The topological polar surface area (TPSA) is 38.0 Å². The maximum Gasteiger partial charge on any atom is 0.0813 e. The molecule has 1 unspecified atom stereocenters. The highest BCUT2D eigenvalue weighted by molar-refractivity contribution is 9.10. The van der Waals surface area contributed by atoms with Crippen molar-refractivity contribution < 1.29 is 0 Å². The molecule has 1 aromatic carbocycles. The average Bonchev–Trinajstić information content (AvgIpc) is 2.67. The molecule has 2 nitrogen and oxygen atoms in total. The van der Waals surface area contributed by atoms with Crippen LogP contribution in [0.1, 0.15) is 22.0 Å². The van der Waals surface area contributed by atoms with Gasteiger partial charge < -0.3 is 0 Å². The van der Waals surface area contributed by atoms with Crippen LogP contribution in [0.15, 0.2) is 40.2 Å². The Morgan fingerprint density at radius 2 is 2.19 bits per heavy atom. The summed E-state index contributed by atoms with van der Waals surface area (Å²) >= 11 is 5.23. The van der Waals surface area contributed by atoms with E-state index in [1.54, 1.807) is 11.3 Å². The largest absolute Gasteiger partial charge is 0.271 e. The SMILES string of the molecule is Cc1cccc(C(NN)c2sccc2Br)c1. The third kappa shape index (κ3) is 2.35. The zero-order chi connectivity index (χ0) is 11.5. The van der Waals surface area contributed by atoms with E-state index in [0.29, 0.717) is 0 Å². The van der Waals surface area contributed by atoms with Crippen LogP contribution in [0.5, 0.6) is 0 Å². The van der Waals surface area contributed by atoms with Gasteiger partial charge in [-0.3, -0.25) is 5.84 Å². The molecule has 0 aliphatic carbocycles. The third-order valence-electron chi connectivity index (χ3n) is 2.45. The maximum atomic E-state index is 5.65. The Kier molecular flexibility index (Phi) is 3.76. The van der Waals surface area contributed by atoms with Gasteiger partial charge >= 0.3 is 0 Å². The molecule has 0 aliphatic rings. The number of nitrogens with two attached hydrogens (primary N) is 1. The zero-order valence-electron chi connectivity index (χ0n) is 8.91. The third-order valence-corrected chi connectivity index (χ3v) is 4.38. The summed E-state index contributed by atoms with van der Waals surface area (Å²) in [6.45, 7) is 2.08. The lowest BCUT2D eigenvalue weighted by Gasteiger charge is -2.16. The van der Waals surface area contributed by atoms with Crippen molar-refractivity contribution in [3.05, 3.63) is 56.2 Å². The van der Waals surface area contributed by atoms with Gasteiger partial charge in [0.1, 0.15) is 0 Å². The van der Waals surface area contributed by atoms with Crippen molar-refractivity contribution in [2.45, 2.75) is 13.0 Å². The molecule has 16 heavy (non-hydrogen) atoms. The molecular weight excluding hydrogens is 284 g/mol. The van der Waals surface area contributed by atoms with Gasteiger partial charge in [0.05, 0.1) is 6.04 Å². The second-order valence-corrected chi connectivity index (χ2v) is 5.45. The zero-order valence-corrected chi connectivity index (χ0v) is 11.3. The highest BCUT2D eigenvalue weighted by Gasteiger charge is 2.16. The number of nitrogens with one attached hydrogen (secondary N) is 1. The van der Waals surface area contributed by atoms with E-state index >= 15 is 0 Å². The molecule has 84 valence electrons. The Hall–Kier alpha value is -0.680. The molecule has 0 spiro atoms. The lowest BCUT2D eigenvalue weighted by Crippen LogP contribution is -2.28. The Morgan fingerprint density at radius 3 is 2.75 bits per heavy atom. The van der Waals surface area contributed by atoms with Crippen molar-refractivity contribution >= 4 is 27.3 Å². The molecule has 2 aromatic rings. The van der Waals surface area contributed by atoms with Gasteiger partial charge in [-0.2, -0.15) is 0 Å². The van der Waals surface area contributed by atoms with Crippen molar-refractivity contribution in [1.82, 2.24) is 5.43 Å². The van der Waals surface area contributed by atoms with Crippen LogP contribution >= 0.6 is 27.3 Å². The Balaban J connectivity index is 2.40. The predicted octanol–water partition coefficient (Wildman–Crippen LogP) is 3.37. The van der Waals surface area contributed by atoms with E-state index in [2.05, 4.69) is 57.9 Å². The molecule has 0 fully saturated rings. The van der Waals surface area contributed by atoms with E-state index in [4.69, 9.17) is 5.84 Å². The summed E-state index contributed by atoms with van der Waals surface area (Å²) in [7, 11) is 0. The van der Waals surface area contributed by atoms with Crippen LogP contribution in [-0.4, -0.2) is 0 Å². The molecule has 0 radical (unpaired) electrons. The second-order valence-electron chi connectivity index (χ2n) is 3.65. The number of thiophene rings is 1. The molecular formula is C12H13BrN2S. The van der Waals surface area contributed by atoms with Gasteiger partial charge in [-0.05, 0) is 39.9 Å². The van der Waals surface area contributed by atoms with Gasteiger partial charge in [0.2, 0.25) is 0 Å². The van der Waals surface area contributed by atoms with E-state index in [-0.39, 0.29) is 6.04 Å². The van der Waals surface area contributed by atoms with Gasteiger partial charge in [-0.25, -0.2) is 5.43 Å². The Bertz CT molecular complexity index is 481. The lowest BCUT2D eigenvalue weighted by atomic mass is 10.0. The average molecular weight is 297 g/mol. The minimum atomic E-state index is 0.0503. The minimum absolute atomic E-state index is 0.0503. The van der Waals surface area contributed by atoms with E-state index in [1.807, 2.05) is 6.07 Å². The number of hydrogen-bond acceptors (Lipinski definition) is 3. The lowest BCUT2D eigenvalue weighted by molar-refractivity contribution is 0.644. The first-order valence-corrected chi connectivity index (χ1v) is 6.65. The van der Waals surface area contributed by atoms with Crippen molar-refractivity contribution in [3.63, 3.8) is 0 Å². The van der Waals surface area contributed by atoms with Gasteiger partial charge in [-0.15, -0.1) is 11.3 Å². The fraction of sp³-hybridized carbons (Fsp3) is 0.167. The molecule has 0 saturated heterocycles. The summed E-state index contributed by atoms with van der Waals surface area (Å²) in [5.74, 6) is 5.65. The quantitative estimate of drug-likeness (QED) is 0.673. The van der Waals surface area contributed by atoms with Crippen LogP contribution < -0.4 is 11.3 Å². The highest BCUT2D eigenvalue weighted by atomic mass is 79.9. The van der Waals surface area contributed by atoms with E-state index < -0.39 is 0 Å². The van der Waals surface area contributed by atoms with Crippen LogP contribution in [0.25, 0.3) is 0 Å². The predicted molar refractivity (Wildman–Crippen MR) is 72.4 cm³/mol. The summed E-state index contributed by atoms with van der Waals surface area (Å²) in [5.41, 5.74) is 5.30. The Morgan fingerprint density at radius 1 is 1.38 bits per heavy atom. The fourth-order valence-corrected chi connectivity index (χ4v) is 3.37. The molecule has 4 heteroatoms. The first kappa shape index (κ1) is 11.8. The Labute approximate surface area is 108 Å². The van der Waals surface area contributed by atoms with Crippen molar-refractivity contribution in [2.75, 3.05) is 0 Å². The van der Waals surface area contributed by atoms with Crippen LogP contribution in [0.4, 0.5) is 0 Å². The number of hydrogen-bond donors (Lipinski definition) is 2. The summed E-state index contributed by atoms with van der Waals surface area (Å²) in [4.78, 5) is 1.20. The normalized spacial score (nSPS) is 12.7. The van der Waals surface area contributed by atoms with E-state index in [1.165, 1.54) is 16.0 Å². The number of benzene rings is 1. The first-order chi connectivity index (χ1) is 7.72. The molecule has 1 atom stereocenters. The van der Waals surface area contributed by atoms with Gasteiger partial charge in [0, 0.05) is 9.35 Å². The molecule has 0 amide bonds.